The Morgan fingerprint density at radius 2 is 1.96 bits per heavy atom. The maximum absolute atomic E-state index is 12.3. The Kier molecular flexibility index (Phi) is 5.89. The van der Waals surface area contributed by atoms with Gasteiger partial charge in [0.05, 0.1) is 12.5 Å². The van der Waals surface area contributed by atoms with E-state index in [9.17, 15) is 9.59 Å². The predicted molar refractivity (Wildman–Crippen MR) is 90.4 cm³/mol. The molecule has 1 aromatic heterocycles. The van der Waals surface area contributed by atoms with Gasteiger partial charge in [0.1, 0.15) is 0 Å². The van der Waals surface area contributed by atoms with Gasteiger partial charge >= 0.3 is 5.97 Å². The van der Waals surface area contributed by atoms with Crippen LogP contribution in [0.1, 0.15) is 36.2 Å². The van der Waals surface area contributed by atoms with Crippen molar-refractivity contribution in [3.8, 4) is 5.88 Å². The Labute approximate surface area is 140 Å². The first-order chi connectivity index (χ1) is 11.5. The molecule has 0 spiro atoms. The summed E-state index contributed by atoms with van der Waals surface area (Å²) >= 11 is 0. The van der Waals surface area contributed by atoms with Gasteiger partial charge in [0.15, 0.2) is 0 Å². The Hall–Kier alpha value is -2.89. The zero-order chi connectivity index (χ0) is 17.5. The van der Waals surface area contributed by atoms with E-state index in [1.807, 2.05) is 13.8 Å². The number of benzene rings is 1. The molecule has 2 rings (SSSR count). The monoisotopic (exact) mass is 328 g/mol. The summed E-state index contributed by atoms with van der Waals surface area (Å²) in [5.41, 5.74) is 1.71. The molecule has 0 fully saturated rings. The molecule has 126 valence electrons. The molecule has 0 aliphatic rings. The van der Waals surface area contributed by atoms with Gasteiger partial charge in [-0.25, -0.2) is 4.98 Å². The number of anilines is 1. The second kappa shape index (κ2) is 8.10. The van der Waals surface area contributed by atoms with Crippen LogP contribution in [0.5, 0.6) is 5.88 Å². The number of aromatic nitrogens is 1. The van der Waals surface area contributed by atoms with Gasteiger partial charge in [-0.3, -0.25) is 9.59 Å². The Morgan fingerprint density at radius 3 is 2.58 bits per heavy atom. The molecule has 0 bridgehead atoms. The molecule has 1 unspecified atom stereocenters. The van der Waals surface area contributed by atoms with Crippen molar-refractivity contribution in [2.24, 2.45) is 0 Å². The maximum atomic E-state index is 12.3. The smallest absolute Gasteiger partial charge is 0.307 e. The van der Waals surface area contributed by atoms with Crippen LogP contribution in [0.25, 0.3) is 0 Å². The van der Waals surface area contributed by atoms with Crippen molar-refractivity contribution >= 4 is 17.6 Å². The van der Waals surface area contributed by atoms with Crippen LogP contribution in [0.4, 0.5) is 5.69 Å². The molecule has 24 heavy (non-hydrogen) atoms. The molecule has 1 heterocycles. The average Bonchev–Trinajstić information content (AvgIpc) is 2.56. The number of carboxylic acids is 1. The summed E-state index contributed by atoms with van der Waals surface area (Å²) in [6.07, 6.45) is 2.36. The molecular weight excluding hydrogens is 308 g/mol. The summed E-state index contributed by atoms with van der Waals surface area (Å²) in [5.74, 6) is -0.761. The quantitative estimate of drug-likeness (QED) is 0.815. The fraction of sp³-hybridized carbons (Fsp3) is 0.278. The number of ether oxygens (including phenoxy) is 1. The minimum Gasteiger partial charge on any atom is -0.481 e. The number of carbonyl (C=O) groups is 2. The summed E-state index contributed by atoms with van der Waals surface area (Å²) < 4.78 is 5.61. The Morgan fingerprint density at radius 1 is 1.25 bits per heavy atom. The Balaban J connectivity index is 2.04. The molecule has 1 atom stereocenters. The number of rotatable bonds is 7. The molecule has 1 aromatic carbocycles. The number of carbonyl (C=O) groups excluding carboxylic acids is 1. The minimum absolute atomic E-state index is 0.0255. The molecule has 6 heteroatoms. The second-order valence-corrected chi connectivity index (χ2v) is 5.44. The fourth-order valence-corrected chi connectivity index (χ4v) is 1.99. The van der Waals surface area contributed by atoms with Crippen molar-refractivity contribution in [1.82, 2.24) is 4.98 Å². The summed E-state index contributed by atoms with van der Waals surface area (Å²) in [5, 5.41) is 11.5. The van der Waals surface area contributed by atoms with E-state index in [1.54, 1.807) is 36.4 Å². The van der Waals surface area contributed by atoms with Crippen molar-refractivity contribution in [2.45, 2.75) is 32.8 Å². The zero-order valence-electron chi connectivity index (χ0n) is 13.7. The first-order valence-electron chi connectivity index (χ1n) is 7.72. The number of nitrogens with one attached hydrogen (secondary N) is 1. The van der Waals surface area contributed by atoms with E-state index in [4.69, 9.17) is 9.84 Å². The molecule has 6 nitrogen and oxygen atoms in total. The van der Waals surface area contributed by atoms with Gasteiger partial charge < -0.3 is 15.2 Å². The zero-order valence-corrected chi connectivity index (χ0v) is 13.7. The second-order valence-electron chi connectivity index (χ2n) is 5.44. The van der Waals surface area contributed by atoms with E-state index in [-0.39, 0.29) is 18.4 Å². The first kappa shape index (κ1) is 17.5. The lowest BCUT2D eigenvalue weighted by molar-refractivity contribution is -0.136. The van der Waals surface area contributed by atoms with Crippen LogP contribution in [0.15, 0.2) is 42.6 Å². The minimum atomic E-state index is -0.891. The van der Waals surface area contributed by atoms with Crippen LogP contribution in [-0.2, 0) is 11.2 Å². The third-order valence-corrected chi connectivity index (χ3v) is 3.46. The normalized spacial score (nSPS) is 11.6. The van der Waals surface area contributed by atoms with Gasteiger partial charge in [-0.2, -0.15) is 0 Å². The SMILES string of the molecule is CCC(C)Oc1cc(C(=O)Nc2ccc(CC(=O)O)cc2)ccn1. The summed E-state index contributed by atoms with van der Waals surface area (Å²) in [7, 11) is 0. The first-order valence-corrected chi connectivity index (χ1v) is 7.72. The van der Waals surface area contributed by atoms with E-state index in [2.05, 4.69) is 10.3 Å². The molecule has 2 N–H and O–H groups in total. The topological polar surface area (TPSA) is 88.5 Å². The largest absolute Gasteiger partial charge is 0.481 e. The summed E-state index contributed by atoms with van der Waals surface area (Å²) in [4.78, 5) is 27.1. The van der Waals surface area contributed by atoms with Crippen LogP contribution < -0.4 is 10.1 Å². The standard InChI is InChI=1S/C18H20N2O4/c1-3-12(2)24-16-11-14(8-9-19-16)18(23)20-15-6-4-13(5-7-15)10-17(21)22/h4-9,11-12H,3,10H2,1-2H3,(H,20,23)(H,21,22). The molecular formula is C18H20N2O4. The highest BCUT2D eigenvalue weighted by Gasteiger charge is 2.10. The van der Waals surface area contributed by atoms with Gasteiger partial charge in [0.2, 0.25) is 5.88 Å². The van der Waals surface area contributed by atoms with Crippen molar-refractivity contribution in [1.29, 1.82) is 0 Å². The maximum Gasteiger partial charge on any atom is 0.307 e. The molecule has 0 aliphatic heterocycles. The van der Waals surface area contributed by atoms with Crippen LogP contribution in [0.3, 0.4) is 0 Å². The lowest BCUT2D eigenvalue weighted by atomic mass is 10.1. The van der Waals surface area contributed by atoms with E-state index >= 15 is 0 Å². The number of hydrogen-bond acceptors (Lipinski definition) is 4. The Bertz CT molecular complexity index is 713. The number of amides is 1. The average molecular weight is 328 g/mol. The summed E-state index contributed by atoms with van der Waals surface area (Å²) in [6.45, 7) is 3.95. The van der Waals surface area contributed by atoms with E-state index in [0.717, 1.165) is 6.42 Å². The van der Waals surface area contributed by atoms with Gasteiger partial charge in [-0.15, -0.1) is 0 Å². The van der Waals surface area contributed by atoms with Crippen molar-refractivity contribution in [3.05, 3.63) is 53.7 Å². The fourth-order valence-electron chi connectivity index (χ4n) is 1.99. The third kappa shape index (κ3) is 5.08. The van der Waals surface area contributed by atoms with Crippen molar-refractivity contribution in [2.75, 3.05) is 5.32 Å². The summed E-state index contributed by atoms with van der Waals surface area (Å²) in [6, 6.07) is 9.90. The van der Waals surface area contributed by atoms with Crippen LogP contribution in [0.2, 0.25) is 0 Å². The van der Waals surface area contributed by atoms with Gasteiger partial charge in [-0.05, 0) is 37.1 Å². The van der Waals surface area contributed by atoms with E-state index in [0.29, 0.717) is 22.7 Å². The molecule has 0 saturated heterocycles. The molecule has 0 aliphatic carbocycles. The van der Waals surface area contributed by atoms with Gasteiger partial charge in [-0.1, -0.05) is 19.1 Å². The number of carboxylic acid groups (broad SMARTS) is 1. The van der Waals surface area contributed by atoms with Crippen LogP contribution >= 0.6 is 0 Å². The number of pyridine rings is 1. The van der Waals surface area contributed by atoms with Crippen LogP contribution in [0, 0.1) is 0 Å². The number of nitrogens with zero attached hydrogens (tertiary/aromatic N) is 1. The molecule has 2 aromatic rings. The highest BCUT2D eigenvalue weighted by atomic mass is 16.5. The molecule has 0 radical (unpaired) electrons. The molecule has 1 amide bonds. The van der Waals surface area contributed by atoms with Crippen LogP contribution in [-0.4, -0.2) is 28.1 Å². The lowest BCUT2D eigenvalue weighted by Gasteiger charge is -2.12. The number of aliphatic carboxylic acids is 1. The molecule has 0 saturated carbocycles. The van der Waals surface area contributed by atoms with E-state index < -0.39 is 5.97 Å². The number of hydrogen-bond donors (Lipinski definition) is 2. The lowest BCUT2D eigenvalue weighted by Crippen LogP contribution is -2.14. The van der Waals surface area contributed by atoms with Crippen molar-refractivity contribution in [3.63, 3.8) is 0 Å². The third-order valence-electron chi connectivity index (χ3n) is 3.46. The highest BCUT2D eigenvalue weighted by Crippen LogP contribution is 2.15. The van der Waals surface area contributed by atoms with Gasteiger partial charge in [0, 0.05) is 23.5 Å². The van der Waals surface area contributed by atoms with E-state index in [1.165, 1.54) is 6.20 Å². The predicted octanol–water partition coefficient (Wildman–Crippen LogP) is 3.14. The van der Waals surface area contributed by atoms with Gasteiger partial charge in [0.25, 0.3) is 5.91 Å². The highest BCUT2D eigenvalue weighted by molar-refractivity contribution is 6.04. The van der Waals surface area contributed by atoms with Crippen molar-refractivity contribution < 1.29 is 19.4 Å².